The number of nitrogens with zero attached hydrogens (tertiary/aromatic N) is 1. The topological polar surface area (TPSA) is 48.3 Å². The summed E-state index contributed by atoms with van der Waals surface area (Å²) in [5.74, 6) is -0.414. The molecule has 0 aliphatic heterocycles. The van der Waals surface area contributed by atoms with Gasteiger partial charge < -0.3 is 4.74 Å². The van der Waals surface area contributed by atoms with Crippen LogP contribution in [-0.4, -0.2) is 17.1 Å². The van der Waals surface area contributed by atoms with E-state index in [1.165, 1.54) is 4.57 Å². The maximum Gasteiger partial charge on any atom is 0.326 e. The van der Waals surface area contributed by atoms with Gasteiger partial charge >= 0.3 is 5.97 Å². The number of esters is 1. The number of halogens is 1. The molecule has 1 heterocycles. The SMILES string of the molecule is CCOC(=O)Cn1c(=O)c(Br)cc2ccccc21. The van der Waals surface area contributed by atoms with E-state index in [4.69, 9.17) is 4.74 Å². The number of carbonyl (C=O) groups is 1. The van der Waals surface area contributed by atoms with Crippen LogP contribution in [0.4, 0.5) is 0 Å². The molecule has 0 fully saturated rings. The zero-order chi connectivity index (χ0) is 13.1. The van der Waals surface area contributed by atoms with Crippen LogP contribution in [0.3, 0.4) is 0 Å². The third-order valence-electron chi connectivity index (χ3n) is 2.55. The van der Waals surface area contributed by atoms with Crippen LogP contribution in [0.2, 0.25) is 0 Å². The quantitative estimate of drug-likeness (QED) is 0.818. The Balaban J connectivity index is 2.57. The Bertz CT molecular complexity index is 648. The smallest absolute Gasteiger partial charge is 0.326 e. The Kier molecular flexibility index (Phi) is 3.81. The fourth-order valence-electron chi connectivity index (χ4n) is 1.78. The first kappa shape index (κ1) is 12.8. The lowest BCUT2D eigenvalue weighted by molar-refractivity contribution is -0.143. The van der Waals surface area contributed by atoms with Crippen molar-refractivity contribution in [3.63, 3.8) is 0 Å². The molecule has 4 nitrogen and oxygen atoms in total. The van der Waals surface area contributed by atoms with Gasteiger partial charge in [-0.1, -0.05) is 18.2 Å². The molecule has 2 rings (SSSR count). The first-order valence-corrected chi connectivity index (χ1v) is 6.36. The predicted octanol–water partition coefficient (Wildman–Crippen LogP) is 2.33. The van der Waals surface area contributed by atoms with E-state index >= 15 is 0 Å². The second kappa shape index (κ2) is 5.35. The molecular weight excluding hydrogens is 298 g/mol. The molecule has 1 aromatic carbocycles. The minimum absolute atomic E-state index is 0.0768. The predicted molar refractivity (Wildman–Crippen MR) is 72.5 cm³/mol. The number of aromatic nitrogens is 1. The van der Waals surface area contributed by atoms with Crippen molar-refractivity contribution in [3.05, 3.63) is 45.2 Å². The number of benzene rings is 1. The molecule has 0 radical (unpaired) electrons. The zero-order valence-corrected chi connectivity index (χ0v) is 11.4. The maximum absolute atomic E-state index is 12.0. The normalized spacial score (nSPS) is 10.6. The minimum Gasteiger partial charge on any atom is -0.465 e. The number of hydrogen-bond donors (Lipinski definition) is 0. The van der Waals surface area contributed by atoms with E-state index in [2.05, 4.69) is 15.9 Å². The summed E-state index contributed by atoms with van der Waals surface area (Å²) in [4.78, 5) is 23.6. The van der Waals surface area contributed by atoms with Gasteiger partial charge in [0.25, 0.3) is 5.56 Å². The number of pyridine rings is 1. The summed E-state index contributed by atoms with van der Waals surface area (Å²) in [5.41, 5.74) is 0.487. The molecule has 0 bridgehead atoms. The lowest BCUT2D eigenvalue weighted by Crippen LogP contribution is -2.26. The van der Waals surface area contributed by atoms with Crippen LogP contribution in [-0.2, 0) is 16.1 Å². The Morgan fingerprint density at radius 2 is 2.11 bits per heavy atom. The van der Waals surface area contributed by atoms with E-state index in [0.29, 0.717) is 11.1 Å². The Labute approximate surface area is 112 Å². The van der Waals surface area contributed by atoms with Gasteiger partial charge in [-0.25, -0.2) is 0 Å². The molecule has 0 N–H and O–H groups in total. The van der Waals surface area contributed by atoms with E-state index in [-0.39, 0.29) is 12.1 Å². The molecule has 0 amide bonds. The lowest BCUT2D eigenvalue weighted by Gasteiger charge is -2.10. The first-order valence-electron chi connectivity index (χ1n) is 5.57. The van der Waals surface area contributed by atoms with Crippen molar-refractivity contribution >= 4 is 32.8 Å². The number of carbonyl (C=O) groups excluding carboxylic acids is 1. The lowest BCUT2D eigenvalue weighted by atomic mass is 10.2. The molecule has 0 saturated heterocycles. The van der Waals surface area contributed by atoms with Crippen molar-refractivity contribution in [3.8, 4) is 0 Å². The third-order valence-corrected chi connectivity index (χ3v) is 3.12. The van der Waals surface area contributed by atoms with Gasteiger partial charge in [-0.15, -0.1) is 0 Å². The molecule has 2 aromatic rings. The maximum atomic E-state index is 12.0. The second-order valence-electron chi connectivity index (χ2n) is 3.75. The van der Waals surface area contributed by atoms with Gasteiger partial charge in [-0.3, -0.25) is 14.2 Å². The van der Waals surface area contributed by atoms with Crippen LogP contribution < -0.4 is 5.56 Å². The van der Waals surface area contributed by atoms with E-state index in [1.54, 1.807) is 13.0 Å². The molecule has 5 heteroatoms. The molecule has 94 valence electrons. The molecule has 0 aliphatic rings. The number of para-hydroxylation sites is 1. The van der Waals surface area contributed by atoms with Crippen LogP contribution >= 0.6 is 15.9 Å². The van der Waals surface area contributed by atoms with Crippen LogP contribution in [0.1, 0.15) is 6.92 Å². The summed E-state index contributed by atoms with van der Waals surface area (Å²) >= 11 is 3.21. The Morgan fingerprint density at radius 3 is 2.83 bits per heavy atom. The van der Waals surface area contributed by atoms with Crippen molar-refractivity contribution < 1.29 is 9.53 Å². The molecule has 0 atom stereocenters. The van der Waals surface area contributed by atoms with E-state index in [0.717, 1.165) is 10.9 Å². The average Bonchev–Trinajstić information content (AvgIpc) is 2.35. The highest BCUT2D eigenvalue weighted by Crippen LogP contribution is 2.16. The third kappa shape index (κ3) is 2.46. The Morgan fingerprint density at radius 1 is 1.39 bits per heavy atom. The fourth-order valence-corrected chi connectivity index (χ4v) is 2.25. The molecule has 18 heavy (non-hydrogen) atoms. The highest BCUT2D eigenvalue weighted by molar-refractivity contribution is 9.10. The summed E-state index contributed by atoms with van der Waals surface area (Å²) in [7, 11) is 0. The summed E-state index contributed by atoms with van der Waals surface area (Å²) in [5, 5.41) is 0.897. The van der Waals surface area contributed by atoms with Crippen molar-refractivity contribution in [1.82, 2.24) is 4.57 Å². The summed E-state index contributed by atoms with van der Waals surface area (Å²) in [6.45, 7) is 1.96. The van der Waals surface area contributed by atoms with Gasteiger partial charge in [0.05, 0.1) is 16.6 Å². The van der Waals surface area contributed by atoms with Crippen LogP contribution in [0.25, 0.3) is 10.9 Å². The van der Waals surface area contributed by atoms with Crippen molar-refractivity contribution in [1.29, 1.82) is 0 Å². The van der Waals surface area contributed by atoms with Gasteiger partial charge in [-0.2, -0.15) is 0 Å². The highest BCUT2D eigenvalue weighted by atomic mass is 79.9. The number of fused-ring (bicyclic) bond motifs is 1. The Hall–Kier alpha value is -1.62. The van der Waals surface area contributed by atoms with Gasteiger partial charge in [0.15, 0.2) is 0 Å². The van der Waals surface area contributed by atoms with Crippen LogP contribution in [0, 0.1) is 0 Å². The molecule has 0 aliphatic carbocycles. The van der Waals surface area contributed by atoms with Crippen LogP contribution in [0.5, 0.6) is 0 Å². The van der Waals surface area contributed by atoms with Gasteiger partial charge in [0.2, 0.25) is 0 Å². The van der Waals surface area contributed by atoms with Crippen molar-refractivity contribution in [2.24, 2.45) is 0 Å². The van der Waals surface area contributed by atoms with Crippen molar-refractivity contribution in [2.45, 2.75) is 13.5 Å². The average molecular weight is 310 g/mol. The first-order chi connectivity index (χ1) is 8.63. The second-order valence-corrected chi connectivity index (χ2v) is 4.60. The van der Waals surface area contributed by atoms with E-state index in [1.807, 2.05) is 24.3 Å². The van der Waals surface area contributed by atoms with Crippen molar-refractivity contribution in [2.75, 3.05) is 6.61 Å². The largest absolute Gasteiger partial charge is 0.465 e. The number of rotatable bonds is 3. The van der Waals surface area contributed by atoms with E-state index in [9.17, 15) is 9.59 Å². The molecule has 0 saturated carbocycles. The number of ether oxygens (including phenoxy) is 1. The standard InChI is InChI=1S/C13H12BrNO3/c1-2-18-12(16)8-15-11-6-4-3-5-9(11)7-10(14)13(15)17/h3-7H,2,8H2,1H3. The van der Waals surface area contributed by atoms with Gasteiger partial charge in [0, 0.05) is 0 Å². The van der Waals surface area contributed by atoms with Gasteiger partial charge in [-0.05, 0) is 40.4 Å². The van der Waals surface area contributed by atoms with E-state index < -0.39 is 5.97 Å². The monoisotopic (exact) mass is 309 g/mol. The zero-order valence-electron chi connectivity index (χ0n) is 9.85. The fraction of sp³-hybridized carbons (Fsp3) is 0.231. The molecular formula is C13H12BrNO3. The van der Waals surface area contributed by atoms with Crippen LogP contribution in [0.15, 0.2) is 39.6 Å². The highest BCUT2D eigenvalue weighted by Gasteiger charge is 2.11. The summed E-state index contributed by atoms with van der Waals surface area (Å²) in [6, 6.07) is 9.16. The molecule has 1 aromatic heterocycles. The summed E-state index contributed by atoms with van der Waals surface area (Å²) < 4.78 is 6.73. The number of hydrogen-bond acceptors (Lipinski definition) is 3. The molecule has 0 unspecified atom stereocenters. The van der Waals surface area contributed by atoms with Gasteiger partial charge in [0.1, 0.15) is 6.54 Å². The minimum atomic E-state index is -0.414. The molecule has 0 spiro atoms. The summed E-state index contributed by atoms with van der Waals surface area (Å²) in [6.07, 6.45) is 0.